The summed E-state index contributed by atoms with van der Waals surface area (Å²) in [5.74, 6) is -0.272. The highest BCUT2D eigenvalue weighted by atomic mass is 16.1. The number of ketones is 1. The Labute approximate surface area is 163 Å². The van der Waals surface area contributed by atoms with Gasteiger partial charge in [-0.15, -0.1) is 0 Å². The predicted octanol–water partition coefficient (Wildman–Crippen LogP) is 4.29. The van der Waals surface area contributed by atoms with Gasteiger partial charge in [-0.3, -0.25) is 9.59 Å². The van der Waals surface area contributed by atoms with Crippen molar-refractivity contribution in [3.63, 3.8) is 0 Å². The van der Waals surface area contributed by atoms with Crippen molar-refractivity contribution >= 4 is 16.8 Å². The first-order valence-electron chi connectivity index (χ1n) is 9.19. The molecule has 0 fully saturated rings. The van der Waals surface area contributed by atoms with Gasteiger partial charge in [0.15, 0.2) is 5.78 Å². The van der Waals surface area contributed by atoms with E-state index in [0.717, 1.165) is 11.3 Å². The summed E-state index contributed by atoms with van der Waals surface area (Å²) in [5, 5.41) is 0.458. The third-order valence-electron chi connectivity index (χ3n) is 4.81. The molecule has 4 heteroatoms. The lowest BCUT2D eigenvalue weighted by Crippen LogP contribution is -2.21. The largest absolute Gasteiger partial charge is 0.327 e. The van der Waals surface area contributed by atoms with E-state index < -0.39 is 0 Å². The zero-order valence-electron chi connectivity index (χ0n) is 15.8. The van der Waals surface area contributed by atoms with Gasteiger partial charge in [-0.05, 0) is 31.5 Å². The molecule has 0 unspecified atom stereocenters. The summed E-state index contributed by atoms with van der Waals surface area (Å²) < 4.78 is 1.89. The van der Waals surface area contributed by atoms with Crippen LogP contribution in [0, 0.1) is 13.8 Å². The van der Waals surface area contributed by atoms with Crippen molar-refractivity contribution in [1.29, 1.82) is 0 Å². The van der Waals surface area contributed by atoms with Crippen molar-refractivity contribution in [1.82, 2.24) is 9.55 Å². The minimum absolute atomic E-state index is 0.163. The average molecular weight is 368 g/mol. The van der Waals surface area contributed by atoms with Gasteiger partial charge in [0, 0.05) is 24.0 Å². The molecule has 4 aromatic rings. The summed E-state index contributed by atoms with van der Waals surface area (Å²) in [4.78, 5) is 30.6. The minimum atomic E-state index is -0.281. The Bertz CT molecular complexity index is 1220. The summed E-state index contributed by atoms with van der Waals surface area (Å²) in [6.45, 7) is 4.46. The number of aromatic nitrogens is 2. The number of nitrogens with zero attached hydrogens (tertiary/aromatic N) is 2. The number of carbonyl (C=O) groups excluding carboxylic acids is 1. The quantitative estimate of drug-likeness (QED) is 0.505. The van der Waals surface area contributed by atoms with Gasteiger partial charge in [-0.2, -0.15) is 0 Å². The normalized spacial score (nSPS) is 10.9. The van der Waals surface area contributed by atoms with Gasteiger partial charge >= 0.3 is 0 Å². The van der Waals surface area contributed by atoms with Crippen LogP contribution in [0.25, 0.3) is 11.0 Å². The van der Waals surface area contributed by atoms with Crippen molar-refractivity contribution in [2.75, 3.05) is 0 Å². The number of benzene rings is 2. The monoisotopic (exact) mass is 368 g/mol. The second-order valence-electron chi connectivity index (χ2n) is 7.00. The zero-order valence-corrected chi connectivity index (χ0v) is 15.8. The lowest BCUT2D eigenvalue weighted by molar-refractivity contribution is 0.103. The van der Waals surface area contributed by atoms with E-state index in [2.05, 4.69) is 17.1 Å². The molecular weight excluding hydrogens is 348 g/mol. The highest BCUT2D eigenvalue weighted by Gasteiger charge is 2.18. The number of rotatable bonds is 4. The Balaban J connectivity index is 1.90. The van der Waals surface area contributed by atoms with Crippen molar-refractivity contribution < 1.29 is 4.79 Å². The Morgan fingerprint density at radius 3 is 2.36 bits per heavy atom. The Kier molecular flexibility index (Phi) is 4.62. The SMILES string of the molecule is Cc1ccc(Cn2cc(C(=O)c3ccccc3)c(=O)c3ccc(C)nc32)cc1. The van der Waals surface area contributed by atoms with Crippen molar-refractivity contribution in [2.24, 2.45) is 0 Å². The number of fused-ring (bicyclic) bond motifs is 1. The van der Waals surface area contributed by atoms with Gasteiger partial charge in [0.1, 0.15) is 5.65 Å². The number of hydrogen-bond donors (Lipinski definition) is 0. The standard InChI is InChI=1S/C24H20N2O2/c1-16-8-11-18(12-9-16)14-26-15-21(22(27)19-6-4-3-5-7-19)23(28)20-13-10-17(2)25-24(20)26/h3-13,15H,14H2,1-2H3. The third kappa shape index (κ3) is 3.37. The van der Waals surface area contributed by atoms with E-state index in [1.165, 1.54) is 5.56 Å². The van der Waals surface area contributed by atoms with Crippen LogP contribution in [-0.4, -0.2) is 15.3 Å². The first-order chi connectivity index (χ1) is 13.5. The van der Waals surface area contributed by atoms with Gasteiger partial charge in [0.05, 0.1) is 10.9 Å². The maximum Gasteiger partial charge on any atom is 0.202 e. The van der Waals surface area contributed by atoms with E-state index in [0.29, 0.717) is 23.1 Å². The fourth-order valence-electron chi connectivity index (χ4n) is 3.28. The van der Waals surface area contributed by atoms with Crippen LogP contribution in [0.1, 0.15) is 32.7 Å². The molecule has 2 aromatic carbocycles. The molecule has 0 N–H and O–H groups in total. The van der Waals surface area contributed by atoms with Crippen molar-refractivity contribution in [3.8, 4) is 0 Å². The Morgan fingerprint density at radius 1 is 0.929 bits per heavy atom. The molecule has 0 saturated heterocycles. The average Bonchev–Trinajstić information content (AvgIpc) is 2.71. The lowest BCUT2D eigenvalue weighted by Gasteiger charge is -2.13. The Morgan fingerprint density at radius 2 is 1.64 bits per heavy atom. The Hall–Kier alpha value is -3.53. The maximum absolute atomic E-state index is 13.0. The number of pyridine rings is 2. The molecule has 2 aromatic heterocycles. The molecule has 0 atom stereocenters. The molecule has 28 heavy (non-hydrogen) atoms. The summed E-state index contributed by atoms with van der Waals surface area (Å²) in [7, 11) is 0. The van der Waals surface area contributed by atoms with E-state index in [1.54, 1.807) is 42.6 Å². The molecular formula is C24H20N2O2. The maximum atomic E-state index is 13.0. The fraction of sp³-hybridized carbons (Fsp3) is 0.125. The molecule has 0 aliphatic carbocycles. The number of carbonyl (C=O) groups is 1. The van der Waals surface area contributed by atoms with E-state index >= 15 is 0 Å². The van der Waals surface area contributed by atoms with Crippen LogP contribution in [0.4, 0.5) is 0 Å². The molecule has 0 spiro atoms. The van der Waals surface area contributed by atoms with Gasteiger partial charge in [-0.1, -0.05) is 60.2 Å². The van der Waals surface area contributed by atoms with E-state index in [9.17, 15) is 9.59 Å². The molecule has 0 aliphatic heterocycles. The lowest BCUT2D eigenvalue weighted by atomic mass is 10.0. The molecule has 0 amide bonds. The van der Waals surface area contributed by atoms with Crippen LogP contribution in [0.3, 0.4) is 0 Å². The zero-order chi connectivity index (χ0) is 19.7. The molecule has 0 bridgehead atoms. The van der Waals surface area contributed by atoms with Crippen LogP contribution >= 0.6 is 0 Å². The predicted molar refractivity (Wildman–Crippen MR) is 111 cm³/mol. The first-order valence-corrected chi connectivity index (χ1v) is 9.19. The van der Waals surface area contributed by atoms with Crippen LogP contribution < -0.4 is 5.43 Å². The summed E-state index contributed by atoms with van der Waals surface area (Å²) >= 11 is 0. The summed E-state index contributed by atoms with van der Waals surface area (Å²) in [6.07, 6.45) is 1.65. The van der Waals surface area contributed by atoms with Crippen LogP contribution in [0.15, 0.2) is 77.7 Å². The minimum Gasteiger partial charge on any atom is -0.327 e. The second kappa shape index (κ2) is 7.24. The number of hydrogen-bond acceptors (Lipinski definition) is 3. The summed E-state index contributed by atoms with van der Waals surface area (Å²) in [5.41, 5.74) is 4.06. The van der Waals surface area contributed by atoms with Crippen molar-refractivity contribution in [2.45, 2.75) is 20.4 Å². The van der Waals surface area contributed by atoms with Gasteiger partial charge < -0.3 is 4.57 Å². The molecule has 4 nitrogen and oxygen atoms in total. The molecule has 0 saturated carbocycles. The van der Waals surface area contributed by atoms with Crippen LogP contribution in [-0.2, 0) is 6.54 Å². The highest BCUT2D eigenvalue weighted by Crippen LogP contribution is 2.16. The molecule has 138 valence electrons. The van der Waals surface area contributed by atoms with Crippen molar-refractivity contribution in [3.05, 3.63) is 111 Å². The fourth-order valence-corrected chi connectivity index (χ4v) is 3.28. The first kappa shape index (κ1) is 17.9. The van der Waals surface area contributed by atoms with Gasteiger partial charge in [0.25, 0.3) is 0 Å². The van der Waals surface area contributed by atoms with Crippen LogP contribution in [0.5, 0.6) is 0 Å². The van der Waals surface area contributed by atoms with Gasteiger partial charge in [0.2, 0.25) is 5.43 Å². The smallest absolute Gasteiger partial charge is 0.202 e. The summed E-state index contributed by atoms with van der Waals surface area (Å²) in [6, 6.07) is 20.6. The molecule has 4 rings (SSSR count). The van der Waals surface area contributed by atoms with E-state index in [-0.39, 0.29) is 16.8 Å². The molecule has 0 radical (unpaired) electrons. The second-order valence-corrected chi connectivity index (χ2v) is 7.00. The molecule has 0 aliphatic rings. The van der Waals surface area contributed by atoms with Gasteiger partial charge in [-0.25, -0.2) is 4.98 Å². The topological polar surface area (TPSA) is 52.0 Å². The number of aryl methyl sites for hydroxylation is 2. The highest BCUT2D eigenvalue weighted by molar-refractivity contribution is 6.09. The third-order valence-corrected chi connectivity index (χ3v) is 4.81. The molecule has 2 heterocycles. The van der Waals surface area contributed by atoms with E-state index in [4.69, 9.17) is 0 Å². The van der Waals surface area contributed by atoms with E-state index in [1.807, 2.05) is 36.6 Å². The van der Waals surface area contributed by atoms with Crippen LogP contribution in [0.2, 0.25) is 0 Å².